The predicted octanol–water partition coefficient (Wildman–Crippen LogP) is 2.13. The lowest BCUT2D eigenvalue weighted by molar-refractivity contribution is 0.102. The third-order valence-electron chi connectivity index (χ3n) is 5.14. The Labute approximate surface area is 164 Å². The molecule has 146 valence electrons. The van der Waals surface area contributed by atoms with Gasteiger partial charge in [-0.05, 0) is 64.2 Å². The third kappa shape index (κ3) is 3.55. The average molecular weight is 379 g/mol. The molecular formula is C20H25N7O. The van der Waals surface area contributed by atoms with Gasteiger partial charge in [-0.3, -0.25) is 4.79 Å². The first-order chi connectivity index (χ1) is 13.4. The zero-order chi connectivity index (χ0) is 19.8. The van der Waals surface area contributed by atoms with Gasteiger partial charge in [0.25, 0.3) is 5.91 Å². The number of carbonyl (C=O) groups is 1. The van der Waals surface area contributed by atoms with Gasteiger partial charge >= 0.3 is 0 Å². The topological polar surface area (TPSA) is 78.7 Å². The monoisotopic (exact) mass is 379 g/mol. The normalized spacial score (nSPS) is 16.9. The number of hydrogen-bond donors (Lipinski definition) is 1. The number of aryl methyl sites for hydroxylation is 2. The van der Waals surface area contributed by atoms with Crippen LogP contribution in [0.4, 0.5) is 11.6 Å². The number of fused-ring (bicyclic) bond motifs is 1. The van der Waals surface area contributed by atoms with E-state index in [1.165, 1.54) is 0 Å². The Balaban J connectivity index is 1.60. The molecule has 0 radical (unpaired) electrons. The van der Waals surface area contributed by atoms with Gasteiger partial charge in [0.2, 0.25) is 0 Å². The fourth-order valence-corrected chi connectivity index (χ4v) is 3.64. The van der Waals surface area contributed by atoms with E-state index in [-0.39, 0.29) is 5.91 Å². The summed E-state index contributed by atoms with van der Waals surface area (Å²) in [4.78, 5) is 26.0. The zero-order valence-electron chi connectivity index (χ0n) is 16.7. The van der Waals surface area contributed by atoms with Crippen LogP contribution in [0.5, 0.6) is 0 Å². The lowest BCUT2D eigenvalue weighted by atomic mass is 10.2. The molecule has 0 unspecified atom stereocenters. The van der Waals surface area contributed by atoms with Crippen LogP contribution in [0.15, 0.2) is 30.5 Å². The van der Waals surface area contributed by atoms with Gasteiger partial charge in [-0.15, -0.1) is 5.10 Å². The minimum Gasteiger partial charge on any atom is -0.354 e. The van der Waals surface area contributed by atoms with Crippen molar-refractivity contribution in [2.75, 3.05) is 37.4 Å². The van der Waals surface area contributed by atoms with Crippen LogP contribution >= 0.6 is 0 Å². The van der Waals surface area contributed by atoms with Crippen molar-refractivity contribution in [3.63, 3.8) is 0 Å². The molecule has 3 aromatic heterocycles. The maximum atomic E-state index is 12.8. The summed E-state index contributed by atoms with van der Waals surface area (Å²) < 4.78 is 1.61. The van der Waals surface area contributed by atoms with Gasteiger partial charge in [-0.25, -0.2) is 14.5 Å². The Morgan fingerprint density at radius 3 is 2.79 bits per heavy atom. The van der Waals surface area contributed by atoms with Crippen molar-refractivity contribution < 1.29 is 4.79 Å². The van der Waals surface area contributed by atoms with Gasteiger partial charge in [-0.1, -0.05) is 0 Å². The summed E-state index contributed by atoms with van der Waals surface area (Å²) in [5.74, 6) is 1.11. The van der Waals surface area contributed by atoms with Crippen molar-refractivity contribution in [3.8, 4) is 0 Å². The number of nitrogens with zero attached hydrogens (tertiary/aromatic N) is 6. The molecule has 3 aromatic rings. The Kier molecular flexibility index (Phi) is 4.72. The molecule has 28 heavy (non-hydrogen) atoms. The number of amides is 1. The van der Waals surface area contributed by atoms with E-state index in [1.807, 2.05) is 38.1 Å². The summed E-state index contributed by atoms with van der Waals surface area (Å²) >= 11 is 0. The highest BCUT2D eigenvalue weighted by molar-refractivity contribution is 6.02. The van der Waals surface area contributed by atoms with Gasteiger partial charge in [0.15, 0.2) is 11.3 Å². The van der Waals surface area contributed by atoms with E-state index in [4.69, 9.17) is 0 Å². The molecule has 1 fully saturated rings. The summed E-state index contributed by atoms with van der Waals surface area (Å²) in [6.07, 6.45) is 2.65. The van der Waals surface area contributed by atoms with E-state index in [0.717, 1.165) is 36.6 Å². The van der Waals surface area contributed by atoms with Crippen molar-refractivity contribution >= 4 is 23.2 Å². The van der Waals surface area contributed by atoms with Crippen molar-refractivity contribution in [3.05, 3.63) is 47.4 Å². The maximum Gasteiger partial charge on any atom is 0.277 e. The van der Waals surface area contributed by atoms with E-state index < -0.39 is 0 Å². The van der Waals surface area contributed by atoms with Crippen molar-refractivity contribution in [1.82, 2.24) is 24.5 Å². The van der Waals surface area contributed by atoms with Gasteiger partial charge in [0, 0.05) is 24.8 Å². The molecule has 1 aliphatic rings. The van der Waals surface area contributed by atoms with E-state index >= 15 is 0 Å². The van der Waals surface area contributed by atoms with E-state index in [1.54, 1.807) is 10.7 Å². The van der Waals surface area contributed by atoms with Crippen LogP contribution in [0.25, 0.3) is 5.65 Å². The Bertz CT molecular complexity index is 1010. The quantitative estimate of drug-likeness (QED) is 0.748. The van der Waals surface area contributed by atoms with Crippen LogP contribution in [0.2, 0.25) is 0 Å². The second-order valence-electron chi connectivity index (χ2n) is 7.58. The molecule has 4 heterocycles. The predicted molar refractivity (Wildman–Crippen MR) is 109 cm³/mol. The average Bonchev–Trinajstić information content (AvgIpc) is 3.27. The highest BCUT2D eigenvalue weighted by Gasteiger charge is 2.25. The smallest absolute Gasteiger partial charge is 0.277 e. The van der Waals surface area contributed by atoms with E-state index in [2.05, 4.69) is 44.3 Å². The number of anilines is 2. The van der Waals surface area contributed by atoms with Crippen LogP contribution in [0, 0.1) is 13.8 Å². The molecule has 1 aliphatic heterocycles. The standard InChI is InChI=1S/C20H25N7O/c1-13-9-14(2)22-17(10-13)23-20(28)16-11-21-18-5-6-19(24-27(16)18)26-8-7-15(12-26)25(3)4/h5-6,9-11,15H,7-8,12H2,1-4H3,(H,22,23,28)/t15-/m0/s1. The summed E-state index contributed by atoms with van der Waals surface area (Å²) in [6.45, 7) is 5.75. The number of likely N-dealkylation sites (N-methyl/N-ethyl adjacent to an activating group) is 1. The summed E-state index contributed by atoms with van der Waals surface area (Å²) in [5, 5.41) is 7.55. The molecule has 0 bridgehead atoms. The first-order valence-electron chi connectivity index (χ1n) is 9.43. The zero-order valence-corrected chi connectivity index (χ0v) is 16.7. The highest BCUT2D eigenvalue weighted by atomic mass is 16.2. The van der Waals surface area contributed by atoms with Gasteiger partial charge in [0.05, 0.1) is 6.20 Å². The molecule has 8 heteroatoms. The Morgan fingerprint density at radius 1 is 1.25 bits per heavy atom. The molecule has 8 nitrogen and oxygen atoms in total. The summed E-state index contributed by atoms with van der Waals surface area (Å²) in [5.41, 5.74) is 2.94. The van der Waals surface area contributed by atoms with Crippen LogP contribution in [0.1, 0.15) is 28.2 Å². The first-order valence-corrected chi connectivity index (χ1v) is 9.43. The van der Waals surface area contributed by atoms with Crippen LogP contribution < -0.4 is 10.2 Å². The molecule has 0 spiro atoms. The number of hydrogen-bond acceptors (Lipinski definition) is 6. The molecular weight excluding hydrogens is 354 g/mol. The SMILES string of the molecule is Cc1cc(C)nc(NC(=O)c2cnc3ccc(N4CC[C@H](N(C)C)C4)nn23)c1. The molecule has 1 saturated heterocycles. The number of carbonyl (C=O) groups excluding carboxylic acids is 1. The number of nitrogens with one attached hydrogen (secondary N) is 1. The first kappa shape index (κ1) is 18.4. The second kappa shape index (κ2) is 7.20. The van der Waals surface area contributed by atoms with E-state index in [0.29, 0.717) is 23.2 Å². The fourth-order valence-electron chi connectivity index (χ4n) is 3.64. The molecule has 0 aliphatic carbocycles. The highest BCUT2D eigenvalue weighted by Crippen LogP contribution is 2.21. The Morgan fingerprint density at radius 2 is 2.07 bits per heavy atom. The molecule has 1 atom stereocenters. The maximum absolute atomic E-state index is 12.8. The number of rotatable bonds is 4. The van der Waals surface area contributed by atoms with Gasteiger partial charge in [0.1, 0.15) is 11.6 Å². The Hall–Kier alpha value is -3.00. The van der Waals surface area contributed by atoms with Crippen LogP contribution in [-0.2, 0) is 0 Å². The van der Waals surface area contributed by atoms with Crippen LogP contribution in [0.3, 0.4) is 0 Å². The lowest BCUT2D eigenvalue weighted by Crippen LogP contribution is -2.32. The van der Waals surface area contributed by atoms with Gasteiger partial charge < -0.3 is 15.1 Å². The number of aromatic nitrogens is 4. The van der Waals surface area contributed by atoms with Gasteiger partial charge in [-0.2, -0.15) is 0 Å². The van der Waals surface area contributed by atoms with Crippen molar-refractivity contribution in [1.29, 1.82) is 0 Å². The minimum atomic E-state index is -0.276. The summed E-state index contributed by atoms with van der Waals surface area (Å²) in [7, 11) is 4.20. The van der Waals surface area contributed by atoms with E-state index in [9.17, 15) is 4.79 Å². The lowest BCUT2D eigenvalue weighted by Gasteiger charge is -2.21. The molecule has 4 rings (SSSR count). The fraction of sp³-hybridized carbons (Fsp3) is 0.400. The largest absolute Gasteiger partial charge is 0.354 e. The molecule has 1 N–H and O–H groups in total. The van der Waals surface area contributed by atoms with Crippen LogP contribution in [-0.4, -0.2) is 63.6 Å². The van der Waals surface area contributed by atoms with Crippen molar-refractivity contribution in [2.24, 2.45) is 0 Å². The molecule has 1 amide bonds. The second-order valence-corrected chi connectivity index (χ2v) is 7.58. The summed E-state index contributed by atoms with van der Waals surface area (Å²) in [6, 6.07) is 8.19. The number of pyridine rings is 1. The van der Waals surface area contributed by atoms with Crippen molar-refractivity contribution in [2.45, 2.75) is 26.3 Å². The number of imidazole rings is 1. The molecule has 0 aromatic carbocycles. The third-order valence-corrected chi connectivity index (χ3v) is 5.14. The molecule has 0 saturated carbocycles. The minimum absolute atomic E-state index is 0.276.